The maximum Gasteiger partial charge on any atom is 0.268 e. The highest BCUT2D eigenvalue weighted by Crippen LogP contribution is 2.38. The zero-order chi connectivity index (χ0) is 41.4. The second-order valence-corrected chi connectivity index (χ2v) is 17.8. The van der Waals surface area contributed by atoms with Crippen LogP contribution in [-0.4, -0.2) is 68.5 Å². The summed E-state index contributed by atoms with van der Waals surface area (Å²) in [6.45, 7) is 4.57. The van der Waals surface area contributed by atoms with E-state index in [1.165, 1.54) is 64.2 Å². The monoisotopic (exact) mass is 807 g/mol. The third kappa shape index (κ3) is 40.4. The van der Waals surface area contributed by atoms with Gasteiger partial charge < -0.3 is 28.8 Å². The van der Waals surface area contributed by atoms with E-state index in [1.54, 1.807) is 0 Å². The maximum atomic E-state index is 12.9. The fourth-order valence-corrected chi connectivity index (χ4v) is 6.91. The van der Waals surface area contributed by atoms with E-state index in [9.17, 15) is 19.4 Å². The molecule has 0 saturated carbocycles. The number of nitrogens with zero attached hydrogens (tertiary/aromatic N) is 1. The van der Waals surface area contributed by atoms with Crippen LogP contribution in [0.3, 0.4) is 0 Å². The molecule has 0 aliphatic heterocycles. The van der Waals surface area contributed by atoms with Crippen LogP contribution in [0.15, 0.2) is 60.8 Å². The first-order valence-electron chi connectivity index (χ1n) is 22.6. The van der Waals surface area contributed by atoms with Crippen molar-refractivity contribution >= 4 is 13.7 Å². The highest BCUT2D eigenvalue weighted by Gasteiger charge is 2.24. The van der Waals surface area contributed by atoms with Gasteiger partial charge in [0.25, 0.3) is 7.82 Å². The first-order chi connectivity index (χ1) is 27.0. The Balaban J connectivity index is 4.39. The molecule has 3 unspecified atom stereocenters. The first-order valence-corrected chi connectivity index (χ1v) is 24.1. The highest BCUT2D eigenvalue weighted by molar-refractivity contribution is 7.45. The molecule has 0 saturated heterocycles. The van der Waals surface area contributed by atoms with Gasteiger partial charge in [-0.1, -0.05) is 177 Å². The number of rotatable bonds is 40. The summed E-state index contributed by atoms with van der Waals surface area (Å²) in [5, 5.41) is 13.9. The minimum Gasteiger partial charge on any atom is -0.756 e. The second-order valence-electron chi connectivity index (χ2n) is 16.4. The molecule has 0 rings (SSSR count). The van der Waals surface area contributed by atoms with Gasteiger partial charge in [-0.15, -0.1) is 0 Å². The molecular formula is C47H87N2O6P. The Hall–Kier alpha value is -1.80. The molecule has 0 aliphatic carbocycles. The molecule has 8 nitrogen and oxygen atoms in total. The molecule has 0 aromatic carbocycles. The Kier molecular flexibility index (Phi) is 37.5. The molecule has 0 aromatic heterocycles. The fourth-order valence-electron chi connectivity index (χ4n) is 6.18. The van der Waals surface area contributed by atoms with Crippen molar-refractivity contribution in [2.45, 2.75) is 193 Å². The summed E-state index contributed by atoms with van der Waals surface area (Å²) >= 11 is 0. The van der Waals surface area contributed by atoms with Crippen molar-refractivity contribution in [3.8, 4) is 0 Å². The summed E-state index contributed by atoms with van der Waals surface area (Å²) < 4.78 is 23.2. The predicted molar refractivity (Wildman–Crippen MR) is 237 cm³/mol. The summed E-state index contributed by atoms with van der Waals surface area (Å²) in [6, 6.07) is -0.812. The van der Waals surface area contributed by atoms with Crippen molar-refractivity contribution in [2.24, 2.45) is 0 Å². The van der Waals surface area contributed by atoms with E-state index in [4.69, 9.17) is 9.05 Å². The molecule has 0 bridgehead atoms. The predicted octanol–water partition coefficient (Wildman–Crippen LogP) is 12.0. The number of unbranched alkanes of at least 4 members (excludes halogenated alkanes) is 17. The lowest BCUT2D eigenvalue weighted by Gasteiger charge is -2.30. The number of likely N-dealkylation sites (N-methyl/N-ethyl adjacent to an activating group) is 1. The average Bonchev–Trinajstić information content (AvgIpc) is 3.15. The van der Waals surface area contributed by atoms with Gasteiger partial charge in [-0.3, -0.25) is 9.36 Å². The highest BCUT2D eigenvalue weighted by atomic mass is 31.2. The number of hydrogen-bond donors (Lipinski definition) is 2. The van der Waals surface area contributed by atoms with Gasteiger partial charge in [0.1, 0.15) is 13.2 Å². The lowest BCUT2D eigenvalue weighted by atomic mass is 10.0. The molecule has 326 valence electrons. The van der Waals surface area contributed by atoms with Crippen LogP contribution in [0.1, 0.15) is 181 Å². The van der Waals surface area contributed by atoms with Crippen LogP contribution in [0.25, 0.3) is 0 Å². The lowest BCUT2D eigenvalue weighted by molar-refractivity contribution is -0.870. The van der Waals surface area contributed by atoms with E-state index in [-0.39, 0.29) is 19.1 Å². The van der Waals surface area contributed by atoms with Gasteiger partial charge in [0.15, 0.2) is 0 Å². The largest absolute Gasteiger partial charge is 0.756 e. The van der Waals surface area contributed by atoms with Crippen LogP contribution in [0, 0.1) is 0 Å². The summed E-state index contributed by atoms with van der Waals surface area (Å²) in [7, 11) is 1.28. The molecule has 0 heterocycles. The molecule has 3 atom stereocenters. The number of amides is 1. The van der Waals surface area contributed by atoms with E-state index in [1.807, 2.05) is 21.1 Å². The molecule has 0 spiro atoms. The number of phosphoric ester groups is 1. The SMILES string of the molecule is CC/C=C\C/C=C\C/C=C\C/C=C\C/C=C\CCCCCCCC(=O)NC(COP(=O)([O-])OCC[N+](C)(C)C)C(O)CCCCCCCCCCCCCCC. The van der Waals surface area contributed by atoms with Gasteiger partial charge in [-0.25, -0.2) is 0 Å². The number of nitrogens with one attached hydrogen (secondary N) is 1. The molecule has 0 radical (unpaired) electrons. The summed E-state index contributed by atoms with van der Waals surface area (Å²) in [5.74, 6) is -0.187. The number of carbonyl (C=O) groups excluding carboxylic acids is 1. The van der Waals surface area contributed by atoms with Gasteiger partial charge in [-0.05, 0) is 57.8 Å². The molecule has 1 amide bonds. The van der Waals surface area contributed by atoms with E-state index >= 15 is 0 Å². The van der Waals surface area contributed by atoms with Crippen LogP contribution in [0.5, 0.6) is 0 Å². The van der Waals surface area contributed by atoms with Crippen molar-refractivity contribution in [3.05, 3.63) is 60.8 Å². The van der Waals surface area contributed by atoms with Crippen molar-refractivity contribution < 1.29 is 32.9 Å². The Labute approximate surface area is 345 Å². The number of carbonyl (C=O) groups is 1. The molecule has 0 fully saturated rings. The molecular weight excluding hydrogens is 719 g/mol. The smallest absolute Gasteiger partial charge is 0.268 e. The molecule has 2 N–H and O–H groups in total. The summed E-state index contributed by atoms with van der Waals surface area (Å²) in [4.78, 5) is 25.3. The van der Waals surface area contributed by atoms with Crippen LogP contribution in [-0.2, 0) is 18.4 Å². The van der Waals surface area contributed by atoms with Gasteiger partial charge in [-0.2, -0.15) is 0 Å². The number of quaternary nitrogens is 1. The number of allylic oxidation sites excluding steroid dienone is 10. The maximum absolute atomic E-state index is 12.9. The third-order valence-corrected chi connectivity index (χ3v) is 10.7. The minimum absolute atomic E-state index is 0.00509. The number of aliphatic hydroxyl groups is 1. The van der Waals surface area contributed by atoms with Crippen LogP contribution >= 0.6 is 7.82 Å². The van der Waals surface area contributed by atoms with Crippen molar-refractivity contribution in [3.63, 3.8) is 0 Å². The van der Waals surface area contributed by atoms with E-state index in [2.05, 4.69) is 79.9 Å². The van der Waals surface area contributed by atoms with Crippen molar-refractivity contribution in [1.29, 1.82) is 0 Å². The Morgan fingerprint density at radius 3 is 1.59 bits per heavy atom. The average molecular weight is 807 g/mol. The Morgan fingerprint density at radius 1 is 0.643 bits per heavy atom. The number of aliphatic hydroxyl groups excluding tert-OH is 1. The first kappa shape index (κ1) is 54.2. The van der Waals surface area contributed by atoms with Crippen LogP contribution in [0.2, 0.25) is 0 Å². The van der Waals surface area contributed by atoms with Gasteiger partial charge >= 0.3 is 0 Å². The topological polar surface area (TPSA) is 108 Å². The van der Waals surface area contributed by atoms with Crippen molar-refractivity contribution in [2.75, 3.05) is 40.9 Å². The molecule has 0 aromatic rings. The lowest BCUT2D eigenvalue weighted by Crippen LogP contribution is -2.46. The normalized spacial score (nSPS) is 14.9. The van der Waals surface area contributed by atoms with Crippen LogP contribution < -0.4 is 10.2 Å². The van der Waals surface area contributed by atoms with Gasteiger partial charge in [0, 0.05) is 6.42 Å². The minimum atomic E-state index is -4.57. The van der Waals surface area contributed by atoms with Crippen molar-refractivity contribution in [1.82, 2.24) is 5.32 Å². The zero-order valence-corrected chi connectivity index (χ0v) is 37.7. The number of phosphoric acid groups is 1. The summed E-state index contributed by atoms with van der Waals surface area (Å²) in [6.07, 6.45) is 49.3. The Morgan fingerprint density at radius 2 is 1.09 bits per heavy atom. The zero-order valence-electron chi connectivity index (χ0n) is 36.8. The fraction of sp³-hybridized carbons (Fsp3) is 0.766. The van der Waals surface area contributed by atoms with E-state index < -0.39 is 20.0 Å². The van der Waals surface area contributed by atoms with E-state index in [0.29, 0.717) is 23.9 Å². The quantitative estimate of drug-likeness (QED) is 0.0276. The standard InChI is InChI=1S/C47H87N2O6P/c1-6-8-10-12-14-16-18-20-21-22-23-24-25-26-27-29-31-33-35-37-39-41-47(51)48-45(44-55-56(52,53)54-43-42-49(3,4)5)46(50)40-38-36-34-32-30-28-19-17-15-13-11-9-7-2/h8,10,14,16,20-21,23-24,26-27,45-46,50H,6-7,9,11-13,15,17-19,22,25,28-44H2,1-5H3,(H-,48,51,52,53)/b10-8-,16-14-,21-20-,24-23-,27-26-. The van der Waals surface area contributed by atoms with Gasteiger partial charge in [0.05, 0.1) is 39.9 Å². The third-order valence-electron chi connectivity index (χ3n) is 9.77. The van der Waals surface area contributed by atoms with Crippen LogP contribution in [0.4, 0.5) is 0 Å². The number of hydrogen-bond acceptors (Lipinski definition) is 6. The molecule has 56 heavy (non-hydrogen) atoms. The second kappa shape index (κ2) is 38.7. The van der Waals surface area contributed by atoms with E-state index in [0.717, 1.165) is 89.9 Å². The molecule has 9 heteroatoms. The summed E-state index contributed by atoms with van der Waals surface area (Å²) in [5.41, 5.74) is 0. The molecule has 0 aliphatic rings. The van der Waals surface area contributed by atoms with Gasteiger partial charge in [0.2, 0.25) is 5.91 Å². The Bertz CT molecular complexity index is 1100.